The first-order valence-electron chi connectivity index (χ1n) is 9.27. The number of rotatable bonds is 8. The zero-order chi connectivity index (χ0) is 22.0. The SMILES string of the molecule is COc1ccc(CN(Cc2ccco2)S(=O)(=O)c2ccc3[nH]c(=O)oc3c2)cc1OC. The van der Waals surface area contributed by atoms with E-state index in [-0.39, 0.29) is 23.6 Å². The number of nitrogens with zero attached hydrogens (tertiary/aromatic N) is 1. The van der Waals surface area contributed by atoms with E-state index in [1.807, 2.05) is 0 Å². The number of nitrogens with one attached hydrogen (secondary N) is 1. The van der Waals surface area contributed by atoms with Gasteiger partial charge in [-0.25, -0.2) is 13.2 Å². The standard InChI is InChI=1S/C21H20N2O7S/c1-27-18-8-5-14(10-20(18)28-2)12-23(13-15-4-3-9-29-15)31(25,26)16-6-7-17-19(11-16)30-21(24)22-17/h3-11H,12-13H2,1-2H3,(H,22,24). The van der Waals surface area contributed by atoms with E-state index in [4.69, 9.17) is 18.3 Å². The molecule has 0 bridgehead atoms. The second kappa shape index (κ2) is 8.32. The zero-order valence-electron chi connectivity index (χ0n) is 16.8. The molecule has 0 radical (unpaired) electrons. The maximum absolute atomic E-state index is 13.5. The highest BCUT2D eigenvalue weighted by Gasteiger charge is 2.27. The summed E-state index contributed by atoms with van der Waals surface area (Å²) in [5, 5.41) is 0. The van der Waals surface area contributed by atoms with Gasteiger partial charge in [0.25, 0.3) is 0 Å². The van der Waals surface area contributed by atoms with Gasteiger partial charge in [-0.2, -0.15) is 4.31 Å². The molecule has 0 saturated heterocycles. The molecule has 9 nitrogen and oxygen atoms in total. The van der Waals surface area contributed by atoms with E-state index in [0.29, 0.717) is 28.3 Å². The molecular formula is C21H20N2O7S. The van der Waals surface area contributed by atoms with Crippen molar-refractivity contribution in [1.29, 1.82) is 0 Å². The largest absolute Gasteiger partial charge is 0.493 e. The number of benzene rings is 2. The van der Waals surface area contributed by atoms with Gasteiger partial charge in [-0.05, 0) is 42.0 Å². The lowest BCUT2D eigenvalue weighted by Crippen LogP contribution is -2.30. The molecule has 0 fully saturated rings. The van der Waals surface area contributed by atoms with Crippen molar-refractivity contribution >= 4 is 21.1 Å². The van der Waals surface area contributed by atoms with Crippen molar-refractivity contribution < 1.29 is 26.7 Å². The third kappa shape index (κ3) is 4.21. The predicted molar refractivity (Wildman–Crippen MR) is 112 cm³/mol. The summed E-state index contributed by atoms with van der Waals surface area (Å²) in [6, 6.07) is 12.8. The maximum Gasteiger partial charge on any atom is 0.417 e. The molecule has 162 valence electrons. The topological polar surface area (TPSA) is 115 Å². The van der Waals surface area contributed by atoms with Crippen LogP contribution in [0.1, 0.15) is 11.3 Å². The number of aromatic nitrogens is 1. The Morgan fingerprint density at radius 1 is 1.00 bits per heavy atom. The lowest BCUT2D eigenvalue weighted by molar-refractivity contribution is 0.347. The fraction of sp³-hybridized carbons (Fsp3) is 0.190. The van der Waals surface area contributed by atoms with Crippen LogP contribution in [0.25, 0.3) is 11.1 Å². The van der Waals surface area contributed by atoms with Crippen LogP contribution in [-0.4, -0.2) is 31.9 Å². The van der Waals surface area contributed by atoms with Crippen molar-refractivity contribution in [2.45, 2.75) is 18.0 Å². The molecule has 1 N–H and O–H groups in total. The quantitative estimate of drug-likeness (QED) is 0.444. The summed E-state index contributed by atoms with van der Waals surface area (Å²) in [5.74, 6) is 0.867. The van der Waals surface area contributed by atoms with Crippen molar-refractivity contribution in [2.75, 3.05) is 14.2 Å². The Morgan fingerprint density at radius 3 is 2.52 bits per heavy atom. The smallest absolute Gasteiger partial charge is 0.417 e. The fourth-order valence-corrected chi connectivity index (χ4v) is 4.63. The summed E-state index contributed by atoms with van der Waals surface area (Å²) in [5.41, 5.74) is 1.28. The minimum atomic E-state index is -3.97. The molecule has 2 aromatic heterocycles. The number of sulfonamides is 1. The number of H-pyrrole nitrogens is 1. The molecule has 0 atom stereocenters. The van der Waals surface area contributed by atoms with Gasteiger partial charge in [0.05, 0.1) is 37.4 Å². The number of methoxy groups -OCH3 is 2. The number of fused-ring (bicyclic) bond motifs is 1. The molecule has 0 saturated carbocycles. The van der Waals surface area contributed by atoms with Crippen LogP contribution in [0.4, 0.5) is 0 Å². The van der Waals surface area contributed by atoms with Crippen molar-refractivity contribution in [1.82, 2.24) is 9.29 Å². The number of hydrogen-bond donors (Lipinski definition) is 1. The normalized spacial score (nSPS) is 11.8. The van der Waals surface area contributed by atoms with Crippen LogP contribution in [0.5, 0.6) is 11.5 Å². The molecule has 0 aliphatic carbocycles. The van der Waals surface area contributed by atoms with Crippen LogP contribution < -0.4 is 15.2 Å². The van der Waals surface area contributed by atoms with Gasteiger partial charge in [0.1, 0.15) is 5.76 Å². The van der Waals surface area contributed by atoms with Crippen LogP contribution in [0.15, 0.2) is 73.3 Å². The summed E-state index contributed by atoms with van der Waals surface area (Å²) in [4.78, 5) is 13.9. The van der Waals surface area contributed by atoms with Gasteiger partial charge in [-0.15, -0.1) is 0 Å². The molecule has 0 spiro atoms. The monoisotopic (exact) mass is 444 g/mol. The fourth-order valence-electron chi connectivity index (χ4n) is 3.22. The minimum absolute atomic E-state index is 0.00483. The predicted octanol–water partition coefficient (Wildman–Crippen LogP) is 3.12. The van der Waals surface area contributed by atoms with Crippen molar-refractivity contribution in [3.05, 3.63) is 76.7 Å². The van der Waals surface area contributed by atoms with Crippen LogP contribution in [0, 0.1) is 0 Å². The Kier molecular flexibility index (Phi) is 5.57. The summed E-state index contributed by atoms with van der Waals surface area (Å²) >= 11 is 0. The number of ether oxygens (including phenoxy) is 2. The van der Waals surface area contributed by atoms with Gasteiger partial charge >= 0.3 is 5.76 Å². The van der Waals surface area contributed by atoms with Gasteiger partial charge in [0.15, 0.2) is 17.1 Å². The van der Waals surface area contributed by atoms with Crippen LogP contribution in [0.3, 0.4) is 0 Å². The van der Waals surface area contributed by atoms with E-state index in [2.05, 4.69) is 4.98 Å². The second-order valence-electron chi connectivity index (χ2n) is 6.71. The molecule has 0 aliphatic heterocycles. The number of aromatic amines is 1. The Labute approximate surface area is 177 Å². The lowest BCUT2D eigenvalue weighted by Gasteiger charge is -2.22. The maximum atomic E-state index is 13.5. The van der Waals surface area contributed by atoms with Gasteiger partial charge < -0.3 is 18.3 Å². The molecule has 2 heterocycles. The van der Waals surface area contributed by atoms with E-state index in [1.54, 1.807) is 30.3 Å². The lowest BCUT2D eigenvalue weighted by atomic mass is 10.2. The Hall–Kier alpha value is -3.50. The van der Waals surface area contributed by atoms with Crippen LogP contribution in [-0.2, 0) is 23.1 Å². The molecule has 0 aliphatic rings. The van der Waals surface area contributed by atoms with E-state index in [0.717, 1.165) is 0 Å². The molecule has 0 amide bonds. The minimum Gasteiger partial charge on any atom is -0.493 e. The van der Waals surface area contributed by atoms with E-state index in [9.17, 15) is 13.2 Å². The molecule has 0 unspecified atom stereocenters. The second-order valence-corrected chi connectivity index (χ2v) is 8.65. The Balaban J connectivity index is 1.73. The molecule has 10 heteroatoms. The molecule has 4 aromatic rings. The van der Waals surface area contributed by atoms with E-state index >= 15 is 0 Å². The van der Waals surface area contributed by atoms with Gasteiger partial charge in [-0.3, -0.25) is 4.98 Å². The number of oxazole rings is 1. The first kappa shape index (κ1) is 20.8. The highest BCUT2D eigenvalue weighted by molar-refractivity contribution is 7.89. The van der Waals surface area contributed by atoms with Crippen molar-refractivity contribution in [2.24, 2.45) is 0 Å². The van der Waals surface area contributed by atoms with Crippen molar-refractivity contribution in [3.63, 3.8) is 0 Å². The highest BCUT2D eigenvalue weighted by atomic mass is 32.2. The first-order valence-corrected chi connectivity index (χ1v) is 10.7. The van der Waals surface area contributed by atoms with Gasteiger partial charge in [0, 0.05) is 12.6 Å². The van der Waals surface area contributed by atoms with Crippen LogP contribution >= 0.6 is 0 Å². The Bertz CT molecular complexity index is 1350. The van der Waals surface area contributed by atoms with E-state index < -0.39 is 15.8 Å². The third-order valence-electron chi connectivity index (χ3n) is 4.75. The third-order valence-corrected chi connectivity index (χ3v) is 6.54. The average Bonchev–Trinajstić information content (AvgIpc) is 3.40. The van der Waals surface area contributed by atoms with Gasteiger partial charge in [-0.1, -0.05) is 6.07 Å². The molecule has 31 heavy (non-hydrogen) atoms. The highest BCUT2D eigenvalue weighted by Crippen LogP contribution is 2.30. The molecule has 4 rings (SSSR count). The molecular weight excluding hydrogens is 424 g/mol. The van der Waals surface area contributed by atoms with Crippen molar-refractivity contribution in [3.8, 4) is 11.5 Å². The summed E-state index contributed by atoms with van der Waals surface area (Å²) in [6.07, 6.45) is 1.48. The number of hydrogen-bond acceptors (Lipinski definition) is 7. The van der Waals surface area contributed by atoms with Gasteiger partial charge in [0.2, 0.25) is 10.0 Å². The van der Waals surface area contributed by atoms with Crippen LogP contribution in [0.2, 0.25) is 0 Å². The Morgan fingerprint density at radius 2 is 1.81 bits per heavy atom. The summed E-state index contributed by atoms with van der Waals surface area (Å²) in [6.45, 7) is 0.0668. The average molecular weight is 444 g/mol. The summed E-state index contributed by atoms with van der Waals surface area (Å²) < 4.78 is 49.2. The number of furan rings is 1. The first-order chi connectivity index (χ1) is 14.9. The summed E-state index contributed by atoms with van der Waals surface area (Å²) in [7, 11) is -0.926. The van der Waals surface area contributed by atoms with E-state index in [1.165, 1.54) is 43.0 Å². The zero-order valence-corrected chi connectivity index (χ0v) is 17.6. The molecule has 2 aromatic carbocycles.